The normalized spacial score (nSPS) is 12.5. The number of hydrogen-bond acceptors (Lipinski definition) is 7. The molecule has 0 unspecified atom stereocenters. The van der Waals surface area contributed by atoms with Crippen LogP contribution in [-0.4, -0.2) is 44.3 Å². The molecule has 0 aliphatic heterocycles. The summed E-state index contributed by atoms with van der Waals surface area (Å²) in [5, 5.41) is 22.1. The molecule has 1 amide bonds. The SMILES string of the molecule is C[C@H](COCc1cc(-c2cnn(C)n2)cc([N+](=O)[O-])c1)NC(=O)OC(C)(C)C. The number of carbonyl (C=O) groups is 1. The standard InChI is InChI=1S/C18H25N5O5/c1-12(20-17(24)28-18(2,3)4)10-27-11-13-6-14(8-15(7-13)23(25)26)16-9-19-22(5)21-16/h6-9,12H,10-11H2,1-5H3,(H,20,24)/t12-/m1/s1. The topological polar surface area (TPSA) is 121 Å². The van der Waals surface area contributed by atoms with Gasteiger partial charge in [0.1, 0.15) is 11.3 Å². The van der Waals surface area contributed by atoms with Crippen LogP contribution in [0.1, 0.15) is 33.3 Å². The number of nitro groups is 1. The van der Waals surface area contributed by atoms with E-state index in [4.69, 9.17) is 9.47 Å². The second kappa shape index (κ2) is 8.79. The van der Waals surface area contributed by atoms with Crippen molar-refractivity contribution in [2.24, 2.45) is 7.05 Å². The Balaban J connectivity index is 1.99. The van der Waals surface area contributed by atoms with Gasteiger partial charge in [-0.2, -0.15) is 15.0 Å². The Hall–Kier alpha value is -3.01. The molecule has 1 aromatic heterocycles. The Labute approximate surface area is 163 Å². The molecule has 0 aliphatic rings. The van der Waals surface area contributed by atoms with Crippen molar-refractivity contribution in [3.05, 3.63) is 40.1 Å². The number of amides is 1. The van der Waals surface area contributed by atoms with Crippen LogP contribution >= 0.6 is 0 Å². The van der Waals surface area contributed by atoms with Gasteiger partial charge in [-0.15, -0.1) is 0 Å². The highest BCUT2D eigenvalue weighted by molar-refractivity contribution is 5.68. The number of carbonyl (C=O) groups excluding carboxylic acids is 1. The Morgan fingerprint density at radius 2 is 2.07 bits per heavy atom. The van der Waals surface area contributed by atoms with Gasteiger partial charge in [-0.3, -0.25) is 10.1 Å². The molecular formula is C18H25N5O5. The summed E-state index contributed by atoms with van der Waals surface area (Å²) >= 11 is 0. The summed E-state index contributed by atoms with van der Waals surface area (Å²) in [6, 6.07) is 4.38. The van der Waals surface area contributed by atoms with Gasteiger partial charge in [0.2, 0.25) is 0 Å². The molecule has 0 fully saturated rings. The number of nitro benzene ring substituents is 1. The van der Waals surface area contributed by atoms with Gasteiger partial charge >= 0.3 is 6.09 Å². The van der Waals surface area contributed by atoms with Gasteiger partial charge in [-0.25, -0.2) is 4.79 Å². The van der Waals surface area contributed by atoms with Crippen LogP contribution in [-0.2, 0) is 23.1 Å². The fourth-order valence-corrected chi connectivity index (χ4v) is 2.39. The lowest BCUT2D eigenvalue weighted by Gasteiger charge is -2.22. The van der Waals surface area contributed by atoms with Gasteiger partial charge in [0.15, 0.2) is 0 Å². The molecule has 152 valence electrons. The number of nitrogens with one attached hydrogen (secondary N) is 1. The molecule has 1 N–H and O–H groups in total. The zero-order valence-corrected chi connectivity index (χ0v) is 16.6. The van der Waals surface area contributed by atoms with Crippen molar-refractivity contribution in [3.63, 3.8) is 0 Å². The third kappa shape index (κ3) is 6.62. The third-order valence-electron chi connectivity index (χ3n) is 3.48. The number of non-ortho nitro benzene ring substituents is 1. The maximum Gasteiger partial charge on any atom is 0.407 e. The molecule has 1 atom stereocenters. The minimum atomic E-state index is -0.579. The van der Waals surface area contributed by atoms with E-state index in [0.29, 0.717) is 16.8 Å². The molecule has 28 heavy (non-hydrogen) atoms. The zero-order valence-electron chi connectivity index (χ0n) is 16.6. The first kappa shape index (κ1) is 21.3. The molecule has 0 saturated heterocycles. The first-order valence-electron chi connectivity index (χ1n) is 8.76. The fraction of sp³-hybridized carbons (Fsp3) is 0.500. The van der Waals surface area contributed by atoms with Crippen molar-refractivity contribution >= 4 is 11.8 Å². The summed E-state index contributed by atoms with van der Waals surface area (Å²) in [5.41, 5.74) is 1.11. The maximum absolute atomic E-state index is 11.7. The lowest BCUT2D eigenvalue weighted by atomic mass is 10.1. The Kier molecular flexibility index (Phi) is 6.68. The van der Waals surface area contributed by atoms with Crippen LogP contribution in [0.5, 0.6) is 0 Å². The summed E-state index contributed by atoms with van der Waals surface area (Å²) < 4.78 is 10.8. The number of rotatable bonds is 7. The molecule has 0 aliphatic carbocycles. The van der Waals surface area contributed by atoms with Crippen molar-refractivity contribution in [1.82, 2.24) is 20.3 Å². The van der Waals surface area contributed by atoms with E-state index in [1.54, 1.807) is 40.8 Å². The van der Waals surface area contributed by atoms with Crippen LogP contribution < -0.4 is 5.32 Å². The Morgan fingerprint density at radius 1 is 1.36 bits per heavy atom. The number of nitrogens with zero attached hydrogens (tertiary/aromatic N) is 4. The number of benzene rings is 1. The molecular weight excluding hydrogens is 366 g/mol. The number of aryl methyl sites for hydroxylation is 1. The zero-order chi connectivity index (χ0) is 20.9. The maximum atomic E-state index is 11.7. The average molecular weight is 391 g/mol. The largest absolute Gasteiger partial charge is 0.444 e. The first-order valence-corrected chi connectivity index (χ1v) is 8.76. The molecule has 10 heteroatoms. The second-order valence-electron chi connectivity index (χ2n) is 7.43. The van der Waals surface area contributed by atoms with Crippen LogP contribution in [0.4, 0.5) is 10.5 Å². The van der Waals surface area contributed by atoms with Crippen molar-refractivity contribution in [2.75, 3.05) is 6.61 Å². The monoisotopic (exact) mass is 391 g/mol. The lowest BCUT2D eigenvalue weighted by Crippen LogP contribution is -2.39. The fourth-order valence-electron chi connectivity index (χ4n) is 2.39. The number of hydrogen-bond donors (Lipinski definition) is 1. The van der Waals surface area contributed by atoms with Gasteiger partial charge in [-0.05, 0) is 39.3 Å². The predicted octanol–water partition coefficient (Wildman–Crippen LogP) is 2.82. The summed E-state index contributed by atoms with van der Waals surface area (Å²) in [6.07, 6.45) is 1.01. The van der Waals surface area contributed by atoms with Crippen LogP contribution in [0, 0.1) is 10.1 Å². The molecule has 0 spiro atoms. The van der Waals surface area contributed by atoms with Gasteiger partial charge in [0.05, 0.1) is 30.4 Å². The predicted molar refractivity (Wildman–Crippen MR) is 102 cm³/mol. The highest BCUT2D eigenvalue weighted by Crippen LogP contribution is 2.25. The van der Waals surface area contributed by atoms with E-state index in [1.807, 2.05) is 0 Å². The quantitative estimate of drug-likeness (QED) is 0.569. The molecule has 0 bridgehead atoms. The van der Waals surface area contributed by atoms with E-state index in [-0.39, 0.29) is 24.9 Å². The number of alkyl carbamates (subject to hydrolysis) is 1. The molecule has 0 saturated carbocycles. The van der Waals surface area contributed by atoms with E-state index in [1.165, 1.54) is 23.1 Å². The Bertz CT molecular complexity index is 843. The van der Waals surface area contributed by atoms with Crippen molar-refractivity contribution < 1.29 is 19.2 Å². The van der Waals surface area contributed by atoms with Gasteiger partial charge in [0, 0.05) is 24.7 Å². The number of aromatic nitrogens is 3. The number of ether oxygens (including phenoxy) is 2. The Morgan fingerprint density at radius 3 is 2.64 bits per heavy atom. The summed E-state index contributed by atoms with van der Waals surface area (Å²) in [5.74, 6) is 0. The van der Waals surface area contributed by atoms with Crippen molar-refractivity contribution in [3.8, 4) is 11.3 Å². The van der Waals surface area contributed by atoms with Gasteiger partial charge < -0.3 is 14.8 Å². The molecule has 1 heterocycles. The summed E-state index contributed by atoms with van der Waals surface area (Å²) in [4.78, 5) is 23.9. The molecule has 0 radical (unpaired) electrons. The average Bonchev–Trinajstić information content (AvgIpc) is 2.99. The third-order valence-corrected chi connectivity index (χ3v) is 3.48. The van der Waals surface area contributed by atoms with Crippen LogP contribution in [0.25, 0.3) is 11.3 Å². The van der Waals surface area contributed by atoms with Crippen LogP contribution in [0.15, 0.2) is 24.4 Å². The molecule has 10 nitrogen and oxygen atoms in total. The first-order chi connectivity index (χ1) is 13.0. The summed E-state index contributed by atoms with van der Waals surface area (Å²) in [6.45, 7) is 7.50. The summed E-state index contributed by atoms with van der Waals surface area (Å²) in [7, 11) is 1.67. The lowest BCUT2D eigenvalue weighted by molar-refractivity contribution is -0.384. The van der Waals surface area contributed by atoms with E-state index < -0.39 is 16.6 Å². The molecule has 2 rings (SSSR count). The van der Waals surface area contributed by atoms with Crippen molar-refractivity contribution in [1.29, 1.82) is 0 Å². The smallest absolute Gasteiger partial charge is 0.407 e. The minimum absolute atomic E-state index is 0.0540. The van der Waals surface area contributed by atoms with E-state index in [9.17, 15) is 14.9 Å². The molecule has 1 aromatic carbocycles. The highest BCUT2D eigenvalue weighted by Gasteiger charge is 2.18. The van der Waals surface area contributed by atoms with E-state index in [2.05, 4.69) is 15.5 Å². The highest BCUT2D eigenvalue weighted by atomic mass is 16.6. The van der Waals surface area contributed by atoms with Crippen LogP contribution in [0.2, 0.25) is 0 Å². The molecule has 2 aromatic rings. The van der Waals surface area contributed by atoms with E-state index >= 15 is 0 Å². The van der Waals surface area contributed by atoms with Gasteiger partial charge in [-0.1, -0.05) is 0 Å². The van der Waals surface area contributed by atoms with Gasteiger partial charge in [0.25, 0.3) is 5.69 Å². The second-order valence-corrected chi connectivity index (χ2v) is 7.43. The van der Waals surface area contributed by atoms with Crippen molar-refractivity contribution in [2.45, 2.75) is 45.9 Å². The van der Waals surface area contributed by atoms with Crippen LogP contribution in [0.3, 0.4) is 0 Å². The van der Waals surface area contributed by atoms with E-state index in [0.717, 1.165) is 0 Å². The minimum Gasteiger partial charge on any atom is -0.444 e.